The Morgan fingerprint density at radius 1 is 1.23 bits per heavy atom. The van der Waals surface area contributed by atoms with Crippen molar-refractivity contribution in [3.05, 3.63) is 57.5 Å². The van der Waals surface area contributed by atoms with Crippen molar-refractivity contribution in [3.8, 4) is 0 Å². The quantitative estimate of drug-likeness (QED) is 0.280. The van der Waals surface area contributed by atoms with Gasteiger partial charge in [-0.2, -0.15) is 0 Å². The fraction of sp³-hybridized carbons (Fsp3) is 0.500. The second-order valence-corrected chi connectivity index (χ2v) is 10.4. The molecule has 160 valence electrons. The van der Waals surface area contributed by atoms with Crippen LogP contribution in [0, 0.1) is 17.8 Å². The molecule has 0 fully saturated rings. The minimum atomic E-state index is -0.216. The first kappa shape index (κ1) is 22.0. The SMILES string of the molecule is CCOC(=O)C1=C(C(C)C)C2CCC(c3ccc(Cl)cc3)C(C3C=C[C@@H]3Cl)N=C2S1. The Kier molecular flexibility index (Phi) is 6.67. The van der Waals surface area contributed by atoms with Gasteiger partial charge in [-0.05, 0) is 49.0 Å². The van der Waals surface area contributed by atoms with Gasteiger partial charge in [0.05, 0.1) is 28.0 Å². The third kappa shape index (κ3) is 4.11. The van der Waals surface area contributed by atoms with E-state index in [1.807, 2.05) is 25.1 Å². The number of ether oxygens (including phenoxy) is 1. The maximum absolute atomic E-state index is 12.6. The predicted molar refractivity (Wildman–Crippen MR) is 126 cm³/mol. The van der Waals surface area contributed by atoms with Crippen LogP contribution in [0.15, 0.2) is 51.9 Å². The van der Waals surface area contributed by atoms with Crippen LogP contribution >= 0.6 is 35.0 Å². The summed E-state index contributed by atoms with van der Waals surface area (Å²) >= 11 is 14.2. The summed E-state index contributed by atoms with van der Waals surface area (Å²) < 4.78 is 5.35. The second kappa shape index (κ2) is 9.10. The molecular formula is C24H27Cl2NO2S. The number of aliphatic imine (C=N–C) groups is 1. The van der Waals surface area contributed by atoms with Crippen molar-refractivity contribution in [1.82, 2.24) is 0 Å². The van der Waals surface area contributed by atoms with Crippen molar-refractivity contribution in [2.45, 2.75) is 50.9 Å². The van der Waals surface area contributed by atoms with Crippen LogP contribution < -0.4 is 0 Å². The Balaban J connectivity index is 1.71. The maximum atomic E-state index is 12.6. The first-order valence-electron chi connectivity index (χ1n) is 10.6. The molecule has 0 saturated carbocycles. The van der Waals surface area contributed by atoms with Crippen LogP contribution in [-0.2, 0) is 9.53 Å². The maximum Gasteiger partial charge on any atom is 0.344 e. The molecule has 30 heavy (non-hydrogen) atoms. The summed E-state index contributed by atoms with van der Waals surface area (Å²) in [7, 11) is 0. The molecule has 0 aromatic heterocycles. The third-order valence-corrected chi connectivity index (χ3v) is 8.15. The highest BCUT2D eigenvalue weighted by Crippen LogP contribution is 2.50. The molecule has 4 rings (SSSR count). The minimum Gasteiger partial charge on any atom is -0.462 e. The number of carbonyl (C=O) groups is 1. The molecule has 0 spiro atoms. The van der Waals surface area contributed by atoms with Crippen molar-refractivity contribution in [3.63, 3.8) is 0 Å². The molecule has 3 aliphatic rings. The van der Waals surface area contributed by atoms with Crippen LogP contribution in [0.1, 0.15) is 45.1 Å². The fourth-order valence-electron chi connectivity index (χ4n) is 4.75. The topological polar surface area (TPSA) is 38.7 Å². The number of halogens is 2. The number of rotatable bonds is 5. The highest BCUT2D eigenvalue weighted by Gasteiger charge is 2.44. The number of alkyl halides is 1. The molecule has 2 heterocycles. The van der Waals surface area contributed by atoms with Gasteiger partial charge < -0.3 is 4.74 Å². The molecule has 0 saturated heterocycles. The van der Waals surface area contributed by atoms with Gasteiger partial charge in [0.1, 0.15) is 0 Å². The van der Waals surface area contributed by atoms with Crippen LogP contribution in [0.3, 0.4) is 0 Å². The van der Waals surface area contributed by atoms with Gasteiger partial charge in [0.15, 0.2) is 0 Å². The number of fused-ring (bicyclic) bond motifs is 1. The highest BCUT2D eigenvalue weighted by atomic mass is 35.5. The molecule has 1 aromatic rings. The van der Waals surface area contributed by atoms with E-state index >= 15 is 0 Å². The minimum absolute atomic E-state index is 0.000779. The number of hydrogen-bond acceptors (Lipinski definition) is 4. The van der Waals surface area contributed by atoms with Gasteiger partial charge in [0.25, 0.3) is 0 Å². The lowest BCUT2D eigenvalue weighted by Crippen LogP contribution is -2.35. The van der Waals surface area contributed by atoms with E-state index in [0.717, 1.165) is 27.8 Å². The molecule has 0 N–H and O–H groups in total. The summed E-state index contributed by atoms with van der Waals surface area (Å²) in [4.78, 5) is 18.7. The molecule has 1 aliphatic carbocycles. The first-order chi connectivity index (χ1) is 14.4. The number of esters is 1. The standard InChI is InChI=1S/C24H27Cl2NO2S/c1-4-29-24(28)22-20(13(2)3)18-10-9-16(14-5-7-15(25)8-6-14)21(27-23(18)30-22)17-11-12-19(17)26/h5-8,11-13,16-19,21H,4,9-10H2,1-3H3/t16?,17?,18?,19-,21?/m0/s1. The number of hydrogen-bond donors (Lipinski definition) is 0. The van der Waals surface area contributed by atoms with E-state index in [0.29, 0.717) is 6.61 Å². The molecule has 6 heteroatoms. The van der Waals surface area contributed by atoms with E-state index in [1.54, 1.807) is 0 Å². The molecular weight excluding hydrogens is 437 g/mol. The molecule has 1 aromatic carbocycles. The Bertz CT molecular complexity index is 906. The van der Waals surface area contributed by atoms with Crippen molar-refractivity contribution in [2.75, 3.05) is 6.61 Å². The third-order valence-electron chi connectivity index (χ3n) is 6.26. The number of carbonyl (C=O) groups excluding carboxylic acids is 1. The van der Waals surface area contributed by atoms with E-state index in [4.69, 9.17) is 32.9 Å². The summed E-state index contributed by atoms with van der Waals surface area (Å²) in [5, 5.41) is 1.79. The van der Waals surface area contributed by atoms with Gasteiger partial charge in [0, 0.05) is 22.8 Å². The largest absolute Gasteiger partial charge is 0.462 e. The predicted octanol–water partition coefficient (Wildman–Crippen LogP) is 6.61. The van der Waals surface area contributed by atoms with E-state index in [-0.39, 0.29) is 41.1 Å². The van der Waals surface area contributed by atoms with Crippen molar-refractivity contribution in [1.29, 1.82) is 0 Å². The molecule has 0 bridgehead atoms. The molecule has 5 atom stereocenters. The van der Waals surface area contributed by atoms with Crippen LogP contribution in [0.25, 0.3) is 0 Å². The van der Waals surface area contributed by atoms with Gasteiger partial charge >= 0.3 is 5.97 Å². The molecule has 3 nitrogen and oxygen atoms in total. The van der Waals surface area contributed by atoms with E-state index in [2.05, 4.69) is 32.1 Å². The van der Waals surface area contributed by atoms with E-state index < -0.39 is 0 Å². The average Bonchev–Trinajstić information content (AvgIpc) is 2.97. The second-order valence-electron chi connectivity index (χ2n) is 8.41. The Morgan fingerprint density at radius 3 is 2.53 bits per heavy atom. The van der Waals surface area contributed by atoms with E-state index in [1.165, 1.54) is 22.9 Å². The molecule has 4 unspecified atom stereocenters. The summed E-state index contributed by atoms with van der Waals surface area (Å²) in [6.07, 6.45) is 6.18. The zero-order valence-corrected chi connectivity index (χ0v) is 19.8. The Hall–Kier alpha value is -1.23. The number of thioether (sulfide) groups is 1. The summed E-state index contributed by atoms with van der Waals surface area (Å²) in [5.74, 6) is 0.716. The smallest absolute Gasteiger partial charge is 0.344 e. The Labute approximate surface area is 193 Å². The van der Waals surface area contributed by atoms with Crippen molar-refractivity contribution in [2.24, 2.45) is 22.7 Å². The first-order valence-corrected chi connectivity index (χ1v) is 12.3. The van der Waals surface area contributed by atoms with Gasteiger partial charge in [-0.25, -0.2) is 4.79 Å². The van der Waals surface area contributed by atoms with Crippen LogP contribution in [0.5, 0.6) is 0 Å². The zero-order valence-electron chi connectivity index (χ0n) is 17.5. The normalized spacial score (nSPS) is 30.6. The lowest BCUT2D eigenvalue weighted by Gasteiger charge is -2.35. The van der Waals surface area contributed by atoms with Crippen LogP contribution in [-0.4, -0.2) is 29.0 Å². The van der Waals surface area contributed by atoms with Crippen LogP contribution in [0.2, 0.25) is 5.02 Å². The monoisotopic (exact) mass is 463 g/mol. The molecule has 2 aliphatic heterocycles. The molecule has 0 amide bonds. The average molecular weight is 464 g/mol. The van der Waals surface area contributed by atoms with Crippen LogP contribution in [0.4, 0.5) is 0 Å². The lowest BCUT2D eigenvalue weighted by atomic mass is 9.75. The van der Waals surface area contributed by atoms with Gasteiger partial charge in [-0.15, -0.1) is 11.6 Å². The summed E-state index contributed by atoms with van der Waals surface area (Å²) in [6.45, 7) is 6.54. The van der Waals surface area contributed by atoms with Crippen molar-refractivity contribution >= 4 is 46.0 Å². The molecule has 0 radical (unpaired) electrons. The summed E-state index contributed by atoms with van der Waals surface area (Å²) in [6, 6.07) is 8.19. The lowest BCUT2D eigenvalue weighted by molar-refractivity contribution is -0.137. The Morgan fingerprint density at radius 2 is 1.97 bits per heavy atom. The van der Waals surface area contributed by atoms with Crippen molar-refractivity contribution < 1.29 is 9.53 Å². The van der Waals surface area contributed by atoms with E-state index in [9.17, 15) is 4.79 Å². The number of benzene rings is 1. The number of nitrogens with zero attached hydrogens (tertiary/aromatic N) is 1. The highest BCUT2D eigenvalue weighted by molar-refractivity contribution is 8.18. The van der Waals surface area contributed by atoms with Gasteiger partial charge in [-0.3, -0.25) is 4.99 Å². The van der Waals surface area contributed by atoms with Gasteiger partial charge in [0.2, 0.25) is 0 Å². The zero-order chi connectivity index (χ0) is 21.4. The van der Waals surface area contributed by atoms with Gasteiger partial charge in [-0.1, -0.05) is 61.5 Å². The number of allylic oxidation sites excluding steroid dienone is 2. The summed E-state index contributed by atoms with van der Waals surface area (Å²) in [5.41, 5.74) is 2.43. The fourth-order valence-corrected chi connectivity index (χ4v) is 6.60.